The minimum Gasteiger partial charge on any atom is -1.00 e. The van der Waals surface area contributed by atoms with Crippen molar-refractivity contribution in [1.82, 2.24) is 0 Å². The Kier molecular flexibility index (Phi) is 11.0. The van der Waals surface area contributed by atoms with E-state index in [1.165, 1.54) is 18.2 Å². The summed E-state index contributed by atoms with van der Waals surface area (Å²) >= 11 is 0. The molecule has 1 nitrogen and oxygen atoms in total. The van der Waals surface area contributed by atoms with Gasteiger partial charge in [-0.15, -0.1) is 12.1 Å². The fourth-order valence-corrected chi connectivity index (χ4v) is 0.911. The van der Waals surface area contributed by atoms with E-state index in [1.54, 1.807) is 0 Å². The summed E-state index contributed by atoms with van der Waals surface area (Å²) < 4.78 is 18.2. The second kappa shape index (κ2) is 9.42. The number of halogens is 2. The average Bonchev–Trinajstić information content (AvgIpc) is 2.08. The van der Waals surface area contributed by atoms with Gasteiger partial charge in [0.1, 0.15) is 0 Å². The molecule has 0 fully saturated rings. The molecule has 0 aliphatic rings. The topological polar surface area (TPSA) is 9.23 Å². The summed E-state index contributed by atoms with van der Waals surface area (Å²) in [5.74, 6) is 0.557. The molecular formula is C11H14BrFMgO. The van der Waals surface area contributed by atoms with Crippen LogP contribution < -0.4 is 21.7 Å². The van der Waals surface area contributed by atoms with Gasteiger partial charge in [0.2, 0.25) is 0 Å². The van der Waals surface area contributed by atoms with Crippen LogP contribution in [-0.2, 0) is 0 Å². The van der Waals surface area contributed by atoms with Crippen LogP contribution >= 0.6 is 0 Å². The van der Waals surface area contributed by atoms with Crippen molar-refractivity contribution in [3.05, 3.63) is 30.1 Å². The van der Waals surface area contributed by atoms with Gasteiger partial charge < -0.3 is 21.7 Å². The SMILES string of the molecule is CC(C)CCOc1c[c-]ccc1F.[Br-].[Mg+2]. The van der Waals surface area contributed by atoms with E-state index in [0.29, 0.717) is 18.3 Å². The Morgan fingerprint density at radius 3 is 2.67 bits per heavy atom. The molecule has 0 bridgehead atoms. The van der Waals surface area contributed by atoms with Gasteiger partial charge in [0.25, 0.3) is 0 Å². The van der Waals surface area contributed by atoms with Gasteiger partial charge in [-0.05, 0) is 12.3 Å². The van der Waals surface area contributed by atoms with Gasteiger partial charge in [0.05, 0.1) is 12.4 Å². The van der Waals surface area contributed by atoms with Gasteiger partial charge in [-0.2, -0.15) is 12.1 Å². The predicted octanol–water partition coefficient (Wildman–Crippen LogP) is -0.326. The number of hydrogen-bond donors (Lipinski definition) is 0. The van der Waals surface area contributed by atoms with Gasteiger partial charge >= 0.3 is 23.1 Å². The first-order chi connectivity index (χ1) is 6.20. The van der Waals surface area contributed by atoms with E-state index < -0.39 is 0 Å². The maximum atomic E-state index is 13.0. The Balaban J connectivity index is 0. The smallest absolute Gasteiger partial charge is 1.00 e. The van der Waals surface area contributed by atoms with E-state index in [0.717, 1.165) is 6.42 Å². The molecule has 0 saturated heterocycles. The summed E-state index contributed by atoms with van der Waals surface area (Å²) in [7, 11) is 0. The molecule has 1 rings (SSSR count). The molecule has 15 heavy (non-hydrogen) atoms. The number of hydrogen-bond acceptors (Lipinski definition) is 1. The molecule has 0 atom stereocenters. The summed E-state index contributed by atoms with van der Waals surface area (Å²) in [6.45, 7) is 4.78. The Morgan fingerprint density at radius 1 is 1.47 bits per heavy atom. The summed E-state index contributed by atoms with van der Waals surface area (Å²) in [6, 6.07) is 7.18. The van der Waals surface area contributed by atoms with Crippen molar-refractivity contribution >= 4 is 23.1 Å². The predicted molar refractivity (Wildman–Crippen MR) is 55.9 cm³/mol. The summed E-state index contributed by atoms with van der Waals surface area (Å²) in [6.07, 6.45) is 0.939. The van der Waals surface area contributed by atoms with Crippen LogP contribution in [0.1, 0.15) is 20.3 Å². The van der Waals surface area contributed by atoms with Crippen LogP contribution in [-0.4, -0.2) is 29.7 Å². The summed E-state index contributed by atoms with van der Waals surface area (Å²) in [5.41, 5.74) is 0. The van der Waals surface area contributed by atoms with E-state index in [4.69, 9.17) is 4.74 Å². The maximum absolute atomic E-state index is 13.0. The summed E-state index contributed by atoms with van der Waals surface area (Å²) in [5, 5.41) is 0. The van der Waals surface area contributed by atoms with Gasteiger partial charge in [-0.1, -0.05) is 13.8 Å². The Labute approximate surface area is 117 Å². The van der Waals surface area contributed by atoms with Crippen LogP contribution in [0.15, 0.2) is 18.2 Å². The average molecular weight is 285 g/mol. The monoisotopic (exact) mass is 284 g/mol. The molecule has 80 valence electrons. The van der Waals surface area contributed by atoms with Crippen LogP contribution in [0.5, 0.6) is 5.75 Å². The normalized spacial score (nSPS) is 9.07. The fraction of sp³-hybridized carbons (Fsp3) is 0.455. The second-order valence-corrected chi connectivity index (χ2v) is 3.39. The largest absolute Gasteiger partial charge is 2.00 e. The molecule has 0 unspecified atom stereocenters. The van der Waals surface area contributed by atoms with E-state index in [-0.39, 0.29) is 45.9 Å². The minimum absolute atomic E-state index is 0. The van der Waals surface area contributed by atoms with E-state index in [2.05, 4.69) is 19.9 Å². The number of ether oxygens (including phenoxy) is 1. The van der Waals surface area contributed by atoms with Crippen molar-refractivity contribution in [3.63, 3.8) is 0 Å². The third-order valence-corrected chi connectivity index (χ3v) is 1.73. The van der Waals surface area contributed by atoms with Crippen LogP contribution in [0.4, 0.5) is 4.39 Å². The molecule has 0 radical (unpaired) electrons. The molecule has 1 aromatic carbocycles. The molecule has 1 aromatic rings. The van der Waals surface area contributed by atoms with E-state index in [1.807, 2.05) is 0 Å². The van der Waals surface area contributed by atoms with Crippen molar-refractivity contribution < 1.29 is 26.1 Å². The summed E-state index contributed by atoms with van der Waals surface area (Å²) in [4.78, 5) is 0. The van der Waals surface area contributed by atoms with Gasteiger partial charge in [-0.25, -0.2) is 4.39 Å². The molecule has 0 aliphatic heterocycles. The molecule has 0 heterocycles. The van der Waals surface area contributed by atoms with Crippen molar-refractivity contribution in [2.45, 2.75) is 20.3 Å². The van der Waals surface area contributed by atoms with Gasteiger partial charge in [0.15, 0.2) is 0 Å². The first-order valence-corrected chi connectivity index (χ1v) is 4.48. The zero-order valence-corrected chi connectivity index (χ0v) is 12.1. The Bertz CT molecular complexity index is 269. The standard InChI is InChI=1S/C11H14FO.BrH.Mg/c1-9(2)7-8-13-11-6-4-3-5-10(11)12;;/h3,5-6,9H,7-8H2,1-2H3;1H;/q-1;;+2/p-1. The van der Waals surface area contributed by atoms with Crippen LogP contribution in [0.25, 0.3) is 0 Å². The van der Waals surface area contributed by atoms with Gasteiger partial charge in [0, 0.05) is 5.75 Å². The van der Waals surface area contributed by atoms with Gasteiger partial charge in [-0.3, -0.25) is 0 Å². The Hall–Kier alpha value is 0.196. The third kappa shape index (κ3) is 7.14. The molecule has 0 N–H and O–H groups in total. The van der Waals surface area contributed by atoms with Crippen molar-refractivity contribution in [1.29, 1.82) is 0 Å². The molecule has 0 amide bonds. The van der Waals surface area contributed by atoms with E-state index >= 15 is 0 Å². The van der Waals surface area contributed by atoms with E-state index in [9.17, 15) is 4.39 Å². The van der Waals surface area contributed by atoms with Crippen molar-refractivity contribution in [2.75, 3.05) is 6.61 Å². The molecule has 0 aliphatic carbocycles. The second-order valence-electron chi connectivity index (χ2n) is 3.39. The molecule has 4 heteroatoms. The van der Waals surface area contributed by atoms with Crippen molar-refractivity contribution in [2.24, 2.45) is 5.92 Å². The minimum atomic E-state index is -0.317. The van der Waals surface area contributed by atoms with Crippen molar-refractivity contribution in [3.8, 4) is 5.75 Å². The zero-order chi connectivity index (χ0) is 9.68. The maximum Gasteiger partial charge on any atom is 2.00 e. The fourth-order valence-electron chi connectivity index (χ4n) is 0.911. The number of rotatable bonds is 4. The molecular weight excluding hydrogens is 271 g/mol. The van der Waals surface area contributed by atoms with Crippen LogP contribution in [0.2, 0.25) is 0 Å². The quantitative estimate of drug-likeness (QED) is 0.544. The first kappa shape index (κ1) is 17.6. The Morgan fingerprint density at radius 2 is 2.13 bits per heavy atom. The van der Waals surface area contributed by atoms with Crippen LogP contribution in [0.3, 0.4) is 0 Å². The zero-order valence-electron chi connectivity index (χ0n) is 9.09. The van der Waals surface area contributed by atoms with Crippen LogP contribution in [0, 0.1) is 17.8 Å². The molecule has 0 aromatic heterocycles. The number of benzene rings is 1. The third-order valence-electron chi connectivity index (χ3n) is 1.73. The first-order valence-electron chi connectivity index (χ1n) is 4.48. The molecule has 0 saturated carbocycles. The molecule has 0 spiro atoms.